The van der Waals surface area contributed by atoms with Gasteiger partial charge in [0.05, 0.1) is 16.4 Å². The van der Waals surface area contributed by atoms with Gasteiger partial charge in [-0.1, -0.05) is 12.1 Å². The van der Waals surface area contributed by atoms with Crippen LogP contribution in [0.5, 0.6) is 0 Å². The molecule has 3 aromatic rings. The smallest absolute Gasteiger partial charge is 0.261 e. The highest BCUT2D eigenvalue weighted by molar-refractivity contribution is 5.78. The molecule has 7 heteroatoms. The highest BCUT2D eigenvalue weighted by atomic mass is 16.2. The van der Waals surface area contributed by atoms with Crippen LogP contribution in [-0.2, 0) is 16.9 Å². The van der Waals surface area contributed by atoms with Crippen LogP contribution in [0.1, 0.15) is 43.5 Å². The predicted molar refractivity (Wildman–Crippen MR) is 111 cm³/mol. The number of aryl methyl sites for hydroxylation is 1. The summed E-state index contributed by atoms with van der Waals surface area (Å²) in [5, 5.41) is 3.74. The van der Waals surface area contributed by atoms with Crippen molar-refractivity contribution in [3.05, 3.63) is 74.7 Å². The average molecular weight is 392 g/mol. The molecule has 7 nitrogen and oxygen atoms in total. The number of amides is 1. The highest BCUT2D eigenvalue weighted by Gasteiger charge is 2.40. The first kappa shape index (κ1) is 19.1. The van der Waals surface area contributed by atoms with E-state index in [1.807, 2.05) is 25.1 Å². The van der Waals surface area contributed by atoms with E-state index in [1.54, 1.807) is 22.9 Å². The molecule has 1 saturated carbocycles. The van der Waals surface area contributed by atoms with Gasteiger partial charge in [-0.25, -0.2) is 4.98 Å². The number of nitrogens with one attached hydrogen (secondary N) is 2. The Labute approximate surface area is 167 Å². The third kappa shape index (κ3) is 3.72. The molecule has 0 aliphatic heterocycles. The van der Waals surface area contributed by atoms with E-state index in [-0.39, 0.29) is 17.0 Å². The number of fused-ring (bicyclic) bond motifs is 1. The number of hydrogen-bond acceptors (Lipinski definition) is 4. The van der Waals surface area contributed by atoms with Gasteiger partial charge in [0.2, 0.25) is 11.5 Å². The Morgan fingerprint density at radius 1 is 1.21 bits per heavy atom. The van der Waals surface area contributed by atoms with Crippen LogP contribution in [0.15, 0.2) is 52.2 Å². The zero-order chi connectivity index (χ0) is 20.4. The van der Waals surface area contributed by atoms with E-state index in [1.165, 1.54) is 6.07 Å². The number of carbonyl (C=O) groups excluding carboxylic acids is 1. The maximum Gasteiger partial charge on any atom is 0.261 e. The fraction of sp³-hybridized carbons (Fsp3) is 0.364. The number of pyridine rings is 1. The minimum Gasteiger partial charge on any atom is -0.347 e. The summed E-state index contributed by atoms with van der Waals surface area (Å²) < 4.78 is 1.64. The van der Waals surface area contributed by atoms with Crippen LogP contribution < -0.4 is 16.4 Å². The molecule has 0 unspecified atom stereocenters. The molecule has 150 valence electrons. The van der Waals surface area contributed by atoms with Gasteiger partial charge < -0.3 is 10.3 Å². The van der Waals surface area contributed by atoms with Crippen LogP contribution in [-0.4, -0.2) is 20.4 Å². The van der Waals surface area contributed by atoms with Crippen molar-refractivity contribution in [2.45, 2.75) is 51.1 Å². The SMILES string of the molecule is Cc1nc2ccccc2c(=O)n1CCCC(=O)NC1(c2ccc(=O)[nH]c2)CCC1. The second-order valence-corrected chi connectivity index (χ2v) is 7.66. The van der Waals surface area contributed by atoms with E-state index >= 15 is 0 Å². The number of benzene rings is 1. The van der Waals surface area contributed by atoms with Gasteiger partial charge in [0.15, 0.2) is 0 Å². The van der Waals surface area contributed by atoms with Crippen molar-refractivity contribution in [1.82, 2.24) is 19.9 Å². The largest absolute Gasteiger partial charge is 0.347 e. The van der Waals surface area contributed by atoms with Crippen molar-refractivity contribution in [2.24, 2.45) is 0 Å². The van der Waals surface area contributed by atoms with Crippen molar-refractivity contribution in [1.29, 1.82) is 0 Å². The molecule has 1 aliphatic carbocycles. The first-order valence-corrected chi connectivity index (χ1v) is 9.95. The predicted octanol–water partition coefficient (Wildman–Crippen LogP) is 2.37. The standard InChI is InChI=1S/C22H24N4O3/c1-15-24-18-7-3-2-6-17(18)21(29)26(15)13-4-8-20(28)25-22(11-5-12-22)16-9-10-19(27)23-14-16/h2-3,6-7,9-10,14H,4-5,8,11-13H2,1H3,(H,23,27)(H,25,28). The summed E-state index contributed by atoms with van der Waals surface area (Å²) in [7, 11) is 0. The van der Waals surface area contributed by atoms with Crippen molar-refractivity contribution >= 4 is 16.8 Å². The van der Waals surface area contributed by atoms with Gasteiger partial charge in [-0.3, -0.25) is 19.0 Å². The molecular formula is C22H24N4O3. The molecule has 2 heterocycles. The van der Waals surface area contributed by atoms with Crippen LogP contribution >= 0.6 is 0 Å². The first-order chi connectivity index (χ1) is 14.0. The number of hydrogen-bond donors (Lipinski definition) is 2. The monoisotopic (exact) mass is 392 g/mol. The molecule has 1 aromatic carbocycles. The number of aromatic amines is 1. The summed E-state index contributed by atoms with van der Waals surface area (Å²) in [5.41, 5.74) is 1.01. The van der Waals surface area contributed by atoms with E-state index in [4.69, 9.17) is 0 Å². The minimum absolute atomic E-state index is 0.0460. The zero-order valence-electron chi connectivity index (χ0n) is 16.4. The number of nitrogens with zero attached hydrogens (tertiary/aromatic N) is 2. The molecule has 29 heavy (non-hydrogen) atoms. The lowest BCUT2D eigenvalue weighted by Crippen LogP contribution is -2.51. The molecule has 1 aliphatic rings. The summed E-state index contributed by atoms with van der Waals surface area (Å²) in [4.78, 5) is 43.8. The number of H-pyrrole nitrogens is 1. The minimum atomic E-state index is -0.390. The molecule has 1 fully saturated rings. The normalized spacial score (nSPS) is 15.1. The summed E-state index contributed by atoms with van der Waals surface area (Å²) in [6, 6.07) is 10.6. The molecule has 1 amide bonds. The molecule has 0 saturated heterocycles. The maximum atomic E-state index is 12.7. The summed E-state index contributed by atoms with van der Waals surface area (Å²) >= 11 is 0. The molecule has 4 rings (SSSR count). The van der Waals surface area contributed by atoms with Crippen LogP contribution in [0, 0.1) is 6.92 Å². The Morgan fingerprint density at radius 2 is 2.00 bits per heavy atom. The maximum absolute atomic E-state index is 12.7. The summed E-state index contributed by atoms with van der Waals surface area (Å²) in [6.07, 6.45) is 5.32. The van der Waals surface area contributed by atoms with Crippen LogP contribution in [0.4, 0.5) is 0 Å². The van der Waals surface area contributed by atoms with Gasteiger partial charge in [0.25, 0.3) is 5.56 Å². The summed E-state index contributed by atoms with van der Waals surface area (Å²) in [5.74, 6) is 0.605. The van der Waals surface area contributed by atoms with Gasteiger partial charge in [-0.15, -0.1) is 0 Å². The van der Waals surface area contributed by atoms with Crippen molar-refractivity contribution in [3.63, 3.8) is 0 Å². The fourth-order valence-electron chi connectivity index (χ4n) is 3.99. The molecule has 2 N–H and O–H groups in total. The lowest BCUT2D eigenvalue weighted by molar-refractivity contribution is -0.124. The van der Waals surface area contributed by atoms with E-state index in [2.05, 4.69) is 15.3 Å². The molecule has 0 radical (unpaired) electrons. The van der Waals surface area contributed by atoms with E-state index in [0.717, 1.165) is 24.8 Å². The van der Waals surface area contributed by atoms with Crippen molar-refractivity contribution in [3.8, 4) is 0 Å². The van der Waals surface area contributed by atoms with Gasteiger partial charge in [0, 0.05) is 25.2 Å². The fourth-order valence-corrected chi connectivity index (χ4v) is 3.99. The van der Waals surface area contributed by atoms with Crippen LogP contribution in [0.25, 0.3) is 10.9 Å². The third-order valence-corrected chi connectivity index (χ3v) is 5.76. The zero-order valence-corrected chi connectivity index (χ0v) is 16.4. The highest BCUT2D eigenvalue weighted by Crippen LogP contribution is 2.40. The Bertz CT molecular complexity index is 1150. The Balaban J connectivity index is 1.42. The van der Waals surface area contributed by atoms with E-state index in [9.17, 15) is 14.4 Å². The number of aromatic nitrogens is 3. The molecule has 0 bridgehead atoms. The van der Waals surface area contributed by atoms with Crippen LogP contribution in [0.2, 0.25) is 0 Å². The Hall–Kier alpha value is -3.22. The Kier molecular flexibility index (Phi) is 5.05. The number of rotatable bonds is 6. The first-order valence-electron chi connectivity index (χ1n) is 9.95. The van der Waals surface area contributed by atoms with E-state index < -0.39 is 5.54 Å². The van der Waals surface area contributed by atoms with E-state index in [0.29, 0.717) is 36.1 Å². The quantitative estimate of drug-likeness (QED) is 0.673. The van der Waals surface area contributed by atoms with Crippen molar-refractivity contribution in [2.75, 3.05) is 0 Å². The summed E-state index contributed by atoms with van der Waals surface area (Å²) in [6.45, 7) is 2.26. The molecule has 0 spiro atoms. The Morgan fingerprint density at radius 3 is 2.69 bits per heavy atom. The van der Waals surface area contributed by atoms with Gasteiger partial charge in [-0.2, -0.15) is 0 Å². The second-order valence-electron chi connectivity index (χ2n) is 7.66. The molecular weight excluding hydrogens is 368 g/mol. The van der Waals surface area contributed by atoms with Gasteiger partial charge in [-0.05, 0) is 56.4 Å². The van der Waals surface area contributed by atoms with Gasteiger partial charge >= 0.3 is 0 Å². The third-order valence-electron chi connectivity index (χ3n) is 5.76. The van der Waals surface area contributed by atoms with Crippen molar-refractivity contribution < 1.29 is 4.79 Å². The molecule has 0 atom stereocenters. The van der Waals surface area contributed by atoms with Gasteiger partial charge in [0.1, 0.15) is 5.82 Å². The molecule has 2 aromatic heterocycles. The second kappa shape index (κ2) is 7.66. The number of para-hydroxylation sites is 1. The van der Waals surface area contributed by atoms with Crippen LogP contribution in [0.3, 0.4) is 0 Å². The number of carbonyl (C=O) groups is 1. The average Bonchev–Trinajstić information content (AvgIpc) is 2.68. The lowest BCUT2D eigenvalue weighted by atomic mass is 9.72. The lowest BCUT2D eigenvalue weighted by Gasteiger charge is -2.43. The topological polar surface area (TPSA) is 96.8 Å².